The number of aliphatic hydroxyl groups excluding tert-OH is 2. The van der Waals surface area contributed by atoms with Crippen LogP contribution >= 0.6 is 7.91 Å². The first kappa shape index (κ1) is 23.7. The number of hydrogen-bond acceptors (Lipinski definition) is 5. The molecule has 0 aliphatic carbocycles. The van der Waals surface area contributed by atoms with E-state index in [1.807, 2.05) is 0 Å². The van der Waals surface area contributed by atoms with Gasteiger partial charge in [0.15, 0.2) is 0 Å². The summed E-state index contributed by atoms with van der Waals surface area (Å²) in [6, 6.07) is 0. The molecule has 0 aliphatic heterocycles. The molecule has 9 heteroatoms. The molecular formula is C3H8FNa2O5P. The van der Waals surface area contributed by atoms with Gasteiger partial charge in [-0.25, -0.2) is 4.20 Å². The minimum atomic E-state index is -5.64. The molecule has 0 heterocycles. The molecule has 0 aromatic rings. The molecule has 2 N–H and O–H groups in total. The van der Waals surface area contributed by atoms with Crippen LogP contribution in [0.15, 0.2) is 0 Å². The Morgan fingerprint density at radius 3 is 1.58 bits per heavy atom. The zero-order valence-corrected chi connectivity index (χ0v) is 12.1. The van der Waals surface area contributed by atoms with Gasteiger partial charge < -0.3 is 24.6 Å². The van der Waals surface area contributed by atoms with Crippen LogP contribution in [0.1, 0.15) is 6.92 Å². The fourth-order valence-electron chi connectivity index (χ4n) is 0. The van der Waals surface area contributed by atoms with Gasteiger partial charge in [0.05, 0.1) is 12.7 Å². The van der Waals surface area contributed by atoms with Crippen molar-refractivity contribution >= 4 is 7.91 Å². The second kappa shape index (κ2) is 13.0. The van der Waals surface area contributed by atoms with E-state index < -0.39 is 14.0 Å². The SMILES string of the molecule is CC(O)CO.O=P([O-])([O-])F.[Na+].[Na+]. The molecule has 0 fully saturated rings. The van der Waals surface area contributed by atoms with Crippen LogP contribution in [-0.4, -0.2) is 22.9 Å². The molecule has 0 rings (SSSR count). The van der Waals surface area contributed by atoms with E-state index in [1.165, 1.54) is 6.92 Å². The summed E-state index contributed by atoms with van der Waals surface area (Å²) in [5.74, 6) is 0. The summed E-state index contributed by atoms with van der Waals surface area (Å²) >= 11 is 0. The number of aliphatic hydroxyl groups is 2. The van der Waals surface area contributed by atoms with Crippen molar-refractivity contribution in [2.24, 2.45) is 0 Å². The second-order valence-electron chi connectivity index (χ2n) is 1.46. The molecule has 0 aromatic heterocycles. The molecule has 1 atom stereocenters. The van der Waals surface area contributed by atoms with Crippen molar-refractivity contribution in [2.75, 3.05) is 6.61 Å². The minimum absolute atomic E-state index is 0. The van der Waals surface area contributed by atoms with Gasteiger partial charge in [0.25, 0.3) is 0 Å². The molecular weight excluding hydrogens is 212 g/mol. The van der Waals surface area contributed by atoms with Crippen LogP contribution in [0.2, 0.25) is 0 Å². The van der Waals surface area contributed by atoms with Crippen molar-refractivity contribution < 1.29 is 87.9 Å². The Balaban J connectivity index is -0.0000000457. The van der Waals surface area contributed by atoms with E-state index in [0.717, 1.165) is 0 Å². The van der Waals surface area contributed by atoms with Gasteiger partial charge in [-0.2, -0.15) is 0 Å². The zero-order chi connectivity index (χ0) is 8.78. The van der Waals surface area contributed by atoms with Crippen molar-refractivity contribution in [2.45, 2.75) is 13.0 Å². The molecule has 5 nitrogen and oxygen atoms in total. The molecule has 0 aromatic carbocycles. The van der Waals surface area contributed by atoms with E-state index in [0.29, 0.717) is 0 Å². The Labute approximate surface area is 114 Å². The predicted molar refractivity (Wildman–Crippen MR) is 27.5 cm³/mol. The molecule has 1 unspecified atom stereocenters. The standard InChI is InChI=1S/C3H8O2.FH2O3P.2Na/c1-3(5)2-4;1-5(2,3)4;;/h3-5H,2H2,1H3;(H2,2,3,4);;/q;;2*+1/p-2. The van der Waals surface area contributed by atoms with Gasteiger partial charge in [0.2, 0.25) is 0 Å². The maximum absolute atomic E-state index is 10.1. The summed E-state index contributed by atoms with van der Waals surface area (Å²) in [7, 11) is -5.64. The van der Waals surface area contributed by atoms with Crippen LogP contribution in [0.5, 0.6) is 0 Å². The predicted octanol–water partition coefficient (Wildman–Crippen LogP) is -7.85. The Morgan fingerprint density at radius 2 is 1.58 bits per heavy atom. The Bertz CT molecular complexity index is 109. The maximum atomic E-state index is 10.1. The first-order valence-electron chi connectivity index (χ1n) is 2.28. The third kappa shape index (κ3) is 90.8. The average molecular weight is 220 g/mol. The van der Waals surface area contributed by atoms with Crippen LogP contribution in [0.25, 0.3) is 0 Å². The van der Waals surface area contributed by atoms with Gasteiger partial charge in [-0.15, -0.1) is 0 Å². The van der Waals surface area contributed by atoms with E-state index in [1.54, 1.807) is 0 Å². The zero-order valence-electron chi connectivity index (χ0n) is 7.23. The van der Waals surface area contributed by atoms with E-state index in [4.69, 9.17) is 24.6 Å². The average Bonchev–Trinajstić information content (AvgIpc) is 1.61. The third-order valence-corrected chi connectivity index (χ3v) is 0.264. The molecule has 0 aliphatic rings. The Kier molecular flexibility index (Phi) is 25.6. The van der Waals surface area contributed by atoms with Crippen molar-refractivity contribution in [3.63, 3.8) is 0 Å². The van der Waals surface area contributed by atoms with Gasteiger partial charge in [0.1, 0.15) is 7.91 Å². The first-order chi connectivity index (χ1) is 4.27. The van der Waals surface area contributed by atoms with Gasteiger partial charge in [-0.3, -0.25) is 0 Å². The summed E-state index contributed by atoms with van der Waals surface area (Å²) < 4.78 is 18.6. The largest absolute Gasteiger partial charge is 1.00 e. The van der Waals surface area contributed by atoms with Gasteiger partial charge >= 0.3 is 59.1 Å². The van der Waals surface area contributed by atoms with Gasteiger partial charge in [0, 0.05) is 0 Å². The van der Waals surface area contributed by atoms with E-state index in [-0.39, 0.29) is 65.7 Å². The van der Waals surface area contributed by atoms with Crippen LogP contribution in [0.3, 0.4) is 0 Å². The van der Waals surface area contributed by atoms with Crippen molar-refractivity contribution in [1.29, 1.82) is 0 Å². The maximum Gasteiger partial charge on any atom is 1.00 e. The van der Waals surface area contributed by atoms with Gasteiger partial charge in [-0.1, -0.05) is 0 Å². The summed E-state index contributed by atoms with van der Waals surface area (Å²) in [5, 5.41) is 16.0. The summed E-state index contributed by atoms with van der Waals surface area (Å²) in [6.45, 7) is 1.39. The first-order valence-corrected chi connectivity index (χ1v) is 3.71. The molecule has 0 amide bonds. The molecule has 0 bridgehead atoms. The smallest absolute Gasteiger partial charge is 0.786 e. The van der Waals surface area contributed by atoms with Crippen LogP contribution in [0, 0.1) is 0 Å². The molecule has 0 saturated heterocycles. The molecule has 0 radical (unpaired) electrons. The van der Waals surface area contributed by atoms with Crippen LogP contribution in [0.4, 0.5) is 4.20 Å². The molecule has 64 valence electrons. The van der Waals surface area contributed by atoms with Crippen molar-refractivity contribution in [3.8, 4) is 0 Å². The quantitative estimate of drug-likeness (QED) is 0.337. The number of rotatable bonds is 1. The molecule has 12 heavy (non-hydrogen) atoms. The van der Waals surface area contributed by atoms with Crippen molar-refractivity contribution in [3.05, 3.63) is 0 Å². The van der Waals surface area contributed by atoms with E-state index in [9.17, 15) is 4.20 Å². The van der Waals surface area contributed by atoms with Crippen molar-refractivity contribution in [1.82, 2.24) is 0 Å². The number of hydrogen-bond donors (Lipinski definition) is 2. The van der Waals surface area contributed by atoms with E-state index >= 15 is 0 Å². The van der Waals surface area contributed by atoms with Crippen LogP contribution in [-0.2, 0) is 4.57 Å². The normalized spacial score (nSPS) is 11.2. The fraction of sp³-hybridized carbons (Fsp3) is 1.00. The summed E-state index contributed by atoms with van der Waals surface area (Å²) in [4.78, 5) is 16.9. The Hall–Kier alpha value is 2.00. The number of halogens is 1. The molecule has 0 spiro atoms. The second-order valence-corrected chi connectivity index (χ2v) is 2.32. The Morgan fingerprint density at radius 1 is 1.50 bits per heavy atom. The monoisotopic (exact) mass is 220 g/mol. The van der Waals surface area contributed by atoms with E-state index in [2.05, 4.69) is 0 Å². The topological polar surface area (TPSA) is 104 Å². The van der Waals surface area contributed by atoms with Gasteiger partial charge in [-0.05, 0) is 6.92 Å². The third-order valence-electron chi connectivity index (χ3n) is 0.264. The minimum Gasteiger partial charge on any atom is -0.786 e. The summed E-state index contributed by atoms with van der Waals surface area (Å²) in [6.07, 6.45) is -0.560. The molecule has 0 saturated carbocycles. The fourth-order valence-corrected chi connectivity index (χ4v) is 0. The van der Waals surface area contributed by atoms with Crippen LogP contribution < -0.4 is 68.9 Å². The summed E-state index contributed by atoms with van der Waals surface area (Å²) in [5.41, 5.74) is 0.